The van der Waals surface area contributed by atoms with Crippen molar-refractivity contribution in [3.8, 4) is 11.5 Å². The van der Waals surface area contributed by atoms with E-state index < -0.39 is 11.2 Å². The maximum absolute atomic E-state index is 12.9. The Morgan fingerprint density at radius 3 is 2.86 bits per heavy atom. The lowest BCUT2D eigenvalue weighted by Gasteiger charge is -2.23. The zero-order chi connectivity index (χ0) is 15.7. The molecule has 22 heavy (non-hydrogen) atoms. The van der Waals surface area contributed by atoms with Gasteiger partial charge in [0.2, 0.25) is 17.6 Å². The van der Waals surface area contributed by atoms with Gasteiger partial charge < -0.3 is 9.84 Å². The van der Waals surface area contributed by atoms with Gasteiger partial charge in [0.1, 0.15) is 16.9 Å². The van der Waals surface area contributed by atoms with Crippen molar-refractivity contribution in [1.82, 2.24) is 20.4 Å². The fraction of sp³-hybridized carbons (Fsp3) is 0.467. The molecule has 0 bridgehead atoms. The van der Waals surface area contributed by atoms with E-state index in [-0.39, 0.29) is 11.7 Å². The largest absolute Gasteiger partial charge is 0.355 e. The second-order valence-electron chi connectivity index (χ2n) is 5.97. The SMILES string of the molecule is CC(C)CC1(c2nc(-c3ccc(F)cn3)no2)CCNC1=O. The molecule has 0 spiro atoms. The minimum atomic E-state index is -0.778. The monoisotopic (exact) mass is 304 g/mol. The zero-order valence-electron chi connectivity index (χ0n) is 12.5. The Morgan fingerprint density at radius 2 is 2.27 bits per heavy atom. The first kappa shape index (κ1) is 14.6. The molecular weight excluding hydrogens is 287 g/mol. The summed E-state index contributed by atoms with van der Waals surface area (Å²) < 4.78 is 18.3. The van der Waals surface area contributed by atoms with E-state index in [1.165, 1.54) is 12.1 Å². The number of carbonyl (C=O) groups is 1. The number of pyridine rings is 1. The van der Waals surface area contributed by atoms with Gasteiger partial charge in [0, 0.05) is 6.54 Å². The lowest BCUT2D eigenvalue weighted by atomic mass is 9.78. The summed E-state index contributed by atoms with van der Waals surface area (Å²) in [5.41, 5.74) is -0.367. The summed E-state index contributed by atoms with van der Waals surface area (Å²) in [5.74, 6) is 0.362. The van der Waals surface area contributed by atoms with Crippen LogP contribution < -0.4 is 5.32 Å². The molecule has 1 fully saturated rings. The highest BCUT2D eigenvalue weighted by Gasteiger charge is 2.49. The molecule has 1 aliphatic heterocycles. The fourth-order valence-corrected chi connectivity index (χ4v) is 2.89. The predicted molar refractivity (Wildman–Crippen MR) is 76.2 cm³/mol. The highest BCUT2D eigenvalue weighted by molar-refractivity contribution is 5.89. The van der Waals surface area contributed by atoms with Crippen LogP contribution in [0.3, 0.4) is 0 Å². The maximum Gasteiger partial charge on any atom is 0.242 e. The minimum Gasteiger partial charge on any atom is -0.355 e. The smallest absolute Gasteiger partial charge is 0.242 e. The molecule has 1 unspecified atom stereocenters. The van der Waals surface area contributed by atoms with Gasteiger partial charge in [-0.1, -0.05) is 19.0 Å². The van der Waals surface area contributed by atoms with E-state index in [9.17, 15) is 9.18 Å². The first-order valence-electron chi connectivity index (χ1n) is 7.26. The van der Waals surface area contributed by atoms with Crippen molar-refractivity contribution in [3.63, 3.8) is 0 Å². The Hall–Kier alpha value is -2.31. The van der Waals surface area contributed by atoms with Crippen LogP contribution in [0.5, 0.6) is 0 Å². The van der Waals surface area contributed by atoms with Crippen molar-refractivity contribution in [2.75, 3.05) is 6.54 Å². The number of hydrogen-bond acceptors (Lipinski definition) is 5. The summed E-state index contributed by atoms with van der Waals surface area (Å²) in [6.07, 6.45) is 2.36. The Kier molecular flexibility index (Phi) is 3.64. The fourth-order valence-electron chi connectivity index (χ4n) is 2.89. The van der Waals surface area contributed by atoms with Crippen molar-refractivity contribution < 1.29 is 13.7 Å². The molecule has 2 aromatic heterocycles. The summed E-state index contributed by atoms with van der Waals surface area (Å²) in [7, 11) is 0. The van der Waals surface area contributed by atoms with Crippen LogP contribution in [0, 0.1) is 11.7 Å². The van der Waals surface area contributed by atoms with E-state index in [0.29, 0.717) is 36.9 Å². The predicted octanol–water partition coefficient (Wildman–Crippen LogP) is 2.07. The van der Waals surface area contributed by atoms with Gasteiger partial charge in [-0.15, -0.1) is 0 Å². The molecule has 0 aromatic carbocycles. The van der Waals surface area contributed by atoms with Crippen molar-refractivity contribution in [3.05, 3.63) is 30.0 Å². The van der Waals surface area contributed by atoms with E-state index in [2.05, 4.69) is 20.4 Å². The van der Waals surface area contributed by atoms with Gasteiger partial charge in [-0.05, 0) is 30.9 Å². The van der Waals surface area contributed by atoms with Crippen LogP contribution >= 0.6 is 0 Å². The van der Waals surface area contributed by atoms with Gasteiger partial charge >= 0.3 is 0 Å². The van der Waals surface area contributed by atoms with E-state index in [1.54, 1.807) is 0 Å². The molecule has 1 atom stereocenters. The summed E-state index contributed by atoms with van der Waals surface area (Å²) in [5, 5.41) is 6.74. The minimum absolute atomic E-state index is 0.0801. The number of nitrogens with zero attached hydrogens (tertiary/aromatic N) is 3. The first-order chi connectivity index (χ1) is 10.5. The van der Waals surface area contributed by atoms with Crippen molar-refractivity contribution in [2.45, 2.75) is 32.1 Å². The van der Waals surface area contributed by atoms with Crippen molar-refractivity contribution in [2.24, 2.45) is 5.92 Å². The van der Waals surface area contributed by atoms with Crippen LogP contribution in [0.4, 0.5) is 4.39 Å². The summed E-state index contributed by atoms with van der Waals surface area (Å²) in [6.45, 7) is 4.69. The van der Waals surface area contributed by atoms with E-state index in [4.69, 9.17) is 4.52 Å². The molecule has 1 aliphatic rings. The van der Waals surface area contributed by atoms with Crippen LogP contribution in [0.15, 0.2) is 22.9 Å². The number of hydrogen-bond donors (Lipinski definition) is 1. The molecule has 3 heterocycles. The Morgan fingerprint density at radius 1 is 1.45 bits per heavy atom. The quantitative estimate of drug-likeness (QED) is 0.935. The highest BCUT2D eigenvalue weighted by atomic mass is 19.1. The molecule has 1 N–H and O–H groups in total. The third kappa shape index (κ3) is 2.47. The second-order valence-corrected chi connectivity index (χ2v) is 5.97. The summed E-state index contributed by atoms with van der Waals surface area (Å²) in [4.78, 5) is 20.6. The van der Waals surface area contributed by atoms with Gasteiger partial charge in [0.15, 0.2) is 0 Å². The number of halogens is 1. The molecule has 0 radical (unpaired) electrons. The normalized spacial score (nSPS) is 21.4. The van der Waals surface area contributed by atoms with Crippen LogP contribution in [-0.2, 0) is 10.2 Å². The molecule has 6 nitrogen and oxygen atoms in total. The van der Waals surface area contributed by atoms with Crippen LogP contribution in [-0.4, -0.2) is 27.6 Å². The average molecular weight is 304 g/mol. The molecule has 0 aliphatic carbocycles. The third-order valence-corrected chi connectivity index (χ3v) is 3.82. The van der Waals surface area contributed by atoms with Crippen LogP contribution in [0.2, 0.25) is 0 Å². The topological polar surface area (TPSA) is 80.9 Å². The average Bonchev–Trinajstić information content (AvgIpc) is 3.08. The number of carbonyl (C=O) groups excluding carboxylic acids is 1. The standard InChI is InChI=1S/C15H17FN4O2/c1-9(2)7-15(5-6-17-13(15)21)14-19-12(20-22-14)11-4-3-10(16)8-18-11/h3-4,8-9H,5-7H2,1-2H3,(H,17,21). The molecule has 0 saturated carbocycles. The number of amides is 1. The summed E-state index contributed by atoms with van der Waals surface area (Å²) >= 11 is 0. The number of aromatic nitrogens is 3. The molecule has 7 heteroatoms. The number of nitrogens with one attached hydrogen (secondary N) is 1. The Labute approximate surface area is 127 Å². The van der Waals surface area contributed by atoms with Crippen molar-refractivity contribution >= 4 is 5.91 Å². The molecule has 1 amide bonds. The van der Waals surface area contributed by atoms with E-state index in [1.807, 2.05) is 13.8 Å². The van der Waals surface area contributed by atoms with Crippen LogP contribution in [0.25, 0.3) is 11.5 Å². The lowest BCUT2D eigenvalue weighted by molar-refractivity contribution is -0.125. The van der Waals surface area contributed by atoms with Gasteiger partial charge in [-0.25, -0.2) is 9.37 Å². The first-order valence-corrected chi connectivity index (χ1v) is 7.26. The van der Waals surface area contributed by atoms with Gasteiger partial charge in [-0.3, -0.25) is 4.79 Å². The zero-order valence-corrected chi connectivity index (χ0v) is 12.5. The summed E-state index contributed by atoms with van der Waals surface area (Å²) in [6, 6.07) is 2.76. The number of rotatable bonds is 4. The van der Waals surface area contributed by atoms with Gasteiger partial charge in [-0.2, -0.15) is 4.98 Å². The van der Waals surface area contributed by atoms with Gasteiger partial charge in [0.25, 0.3) is 0 Å². The third-order valence-electron chi connectivity index (χ3n) is 3.82. The highest BCUT2D eigenvalue weighted by Crippen LogP contribution is 2.37. The molecule has 3 rings (SSSR count). The Balaban J connectivity index is 1.97. The van der Waals surface area contributed by atoms with Gasteiger partial charge in [0.05, 0.1) is 6.20 Å². The van der Waals surface area contributed by atoms with Crippen molar-refractivity contribution in [1.29, 1.82) is 0 Å². The molecular formula is C15H17FN4O2. The second kappa shape index (κ2) is 5.47. The molecule has 116 valence electrons. The lowest BCUT2D eigenvalue weighted by Crippen LogP contribution is -2.37. The van der Waals surface area contributed by atoms with E-state index in [0.717, 1.165) is 6.20 Å². The Bertz CT molecular complexity index is 683. The maximum atomic E-state index is 12.9. The molecule has 2 aromatic rings. The molecule has 1 saturated heterocycles. The van der Waals surface area contributed by atoms with Crippen LogP contribution in [0.1, 0.15) is 32.6 Å². The van der Waals surface area contributed by atoms with E-state index >= 15 is 0 Å².